The van der Waals surface area contributed by atoms with Crippen LogP contribution in [0.15, 0.2) is 65.9 Å². The van der Waals surface area contributed by atoms with Gasteiger partial charge in [-0.25, -0.2) is 14.1 Å². The Kier molecular flexibility index (Phi) is 6.20. The Morgan fingerprint density at radius 1 is 1.11 bits per heavy atom. The molecule has 0 saturated heterocycles. The van der Waals surface area contributed by atoms with Gasteiger partial charge >= 0.3 is 0 Å². The minimum Gasteiger partial charge on any atom is -0.357 e. The van der Waals surface area contributed by atoms with Gasteiger partial charge in [0.2, 0.25) is 0 Å². The first-order valence-electron chi connectivity index (χ1n) is 9.02. The minimum atomic E-state index is -0.189. The predicted octanol–water partition coefficient (Wildman–Crippen LogP) is 3.58. The number of aryl methyl sites for hydroxylation is 1. The van der Waals surface area contributed by atoms with Gasteiger partial charge in [-0.3, -0.25) is 0 Å². The molecular formula is C21H24FN5. The van der Waals surface area contributed by atoms with E-state index in [-0.39, 0.29) is 5.82 Å². The van der Waals surface area contributed by atoms with Gasteiger partial charge in [-0.2, -0.15) is 5.10 Å². The van der Waals surface area contributed by atoms with Crippen LogP contribution in [-0.4, -0.2) is 22.3 Å². The second-order valence-corrected chi connectivity index (χ2v) is 6.25. The predicted molar refractivity (Wildman–Crippen MR) is 106 cm³/mol. The SMILES string of the molecule is CCNC(=NCc1ccc(F)c(C)c1)NCc1ccc(-n2cccn2)cc1. The number of hydrogen-bond donors (Lipinski definition) is 2. The van der Waals surface area contributed by atoms with Crippen LogP contribution in [0.1, 0.15) is 23.6 Å². The monoisotopic (exact) mass is 365 g/mol. The fourth-order valence-corrected chi connectivity index (χ4v) is 2.69. The van der Waals surface area contributed by atoms with Gasteiger partial charge in [0.25, 0.3) is 0 Å². The molecule has 1 aromatic heterocycles. The number of nitrogens with zero attached hydrogens (tertiary/aromatic N) is 3. The van der Waals surface area contributed by atoms with E-state index in [2.05, 4.69) is 32.9 Å². The minimum absolute atomic E-state index is 0.189. The molecule has 0 atom stereocenters. The summed E-state index contributed by atoms with van der Waals surface area (Å²) in [6, 6.07) is 15.2. The van der Waals surface area contributed by atoms with E-state index in [1.165, 1.54) is 6.07 Å². The Morgan fingerprint density at radius 2 is 1.89 bits per heavy atom. The van der Waals surface area contributed by atoms with Gasteiger partial charge in [0.1, 0.15) is 5.82 Å². The van der Waals surface area contributed by atoms with Gasteiger partial charge in [-0.05, 0) is 54.8 Å². The molecule has 5 nitrogen and oxygen atoms in total. The van der Waals surface area contributed by atoms with Crippen molar-refractivity contribution in [1.82, 2.24) is 20.4 Å². The first-order valence-corrected chi connectivity index (χ1v) is 9.02. The fraction of sp³-hybridized carbons (Fsp3) is 0.238. The number of benzene rings is 2. The molecule has 0 aliphatic carbocycles. The van der Waals surface area contributed by atoms with Crippen LogP contribution in [0, 0.1) is 12.7 Å². The van der Waals surface area contributed by atoms with Crippen molar-refractivity contribution < 1.29 is 4.39 Å². The van der Waals surface area contributed by atoms with E-state index in [9.17, 15) is 4.39 Å². The lowest BCUT2D eigenvalue weighted by molar-refractivity contribution is 0.617. The number of guanidine groups is 1. The Labute approximate surface area is 159 Å². The maximum absolute atomic E-state index is 13.4. The van der Waals surface area contributed by atoms with Gasteiger partial charge in [-0.15, -0.1) is 0 Å². The molecule has 140 valence electrons. The topological polar surface area (TPSA) is 54.2 Å². The van der Waals surface area contributed by atoms with Crippen molar-refractivity contribution in [3.05, 3.63) is 83.4 Å². The molecule has 6 heteroatoms. The average Bonchev–Trinajstić information content (AvgIpc) is 3.22. The van der Waals surface area contributed by atoms with Crippen molar-refractivity contribution >= 4 is 5.96 Å². The summed E-state index contributed by atoms with van der Waals surface area (Å²) in [5.74, 6) is 0.543. The molecule has 3 rings (SSSR count). The van der Waals surface area contributed by atoms with Crippen molar-refractivity contribution in [3.8, 4) is 5.69 Å². The first kappa shape index (κ1) is 18.6. The molecule has 0 unspecified atom stereocenters. The summed E-state index contributed by atoms with van der Waals surface area (Å²) in [6.45, 7) is 5.71. The van der Waals surface area contributed by atoms with Crippen molar-refractivity contribution in [3.63, 3.8) is 0 Å². The molecular weight excluding hydrogens is 341 g/mol. The number of aromatic nitrogens is 2. The third-order valence-electron chi connectivity index (χ3n) is 4.15. The highest BCUT2D eigenvalue weighted by Gasteiger charge is 2.02. The summed E-state index contributed by atoms with van der Waals surface area (Å²) in [7, 11) is 0. The van der Waals surface area contributed by atoms with E-state index >= 15 is 0 Å². The molecule has 0 bridgehead atoms. The number of hydrogen-bond acceptors (Lipinski definition) is 2. The van der Waals surface area contributed by atoms with E-state index < -0.39 is 0 Å². The van der Waals surface area contributed by atoms with Gasteiger partial charge in [0, 0.05) is 25.5 Å². The summed E-state index contributed by atoms with van der Waals surface area (Å²) < 4.78 is 15.2. The van der Waals surface area contributed by atoms with Crippen LogP contribution in [0.5, 0.6) is 0 Å². The number of rotatable bonds is 6. The molecule has 0 fully saturated rings. The second-order valence-electron chi connectivity index (χ2n) is 6.25. The molecule has 2 aromatic carbocycles. The third-order valence-corrected chi connectivity index (χ3v) is 4.15. The van der Waals surface area contributed by atoms with Crippen molar-refractivity contribution in [2.75, 3.05) is 6.54 Å². The Balaban J connectivity index is 1.61. The standard InChI is InChI=1S/C21H24FN5/c1-3-23-21(25-15-18-7-10-20(22)16(2)13-18)24-14-17-5-8-19(9-6-17)27-12-4-11-26-27/h4-13H,3,14-15H2,1-2H3,(H2,23,24,25). The van der Waals surface area contributed by atoms with Crippen molar-refractivity contribution in [2.24, 2.45) is 4.99 Å². The maximum Gasteiger partial charge on any atom is 0.191 e. The fourth-order valence-electron chi connectivity index (χ4n) is 2.69. The maximum atomic E-state index is 13.4. The van der Waals surface area contributed by atoms with E-state index in [0.29, 0.717) is 18.7 Å². The van der Waals surface area contributed by atoms with E-state index in [0.717, 1.165) is 29.3 Å². The second kappa shape index (κ2) is 8.98. The smallest absolute Gasteiger partial charge is 0.191 e. The summed E-state index contributed by atoms with van der Waals surface area (Å²) in [6.07, 6.45) is 3.68. The summed E-state index contributed by atoms with van der Waals surface area (Å²) in [5.41, 5.74) is 3.79. The van der Waals surface area contributed by atoms with Gasteiger partial charge < -0.3 is 10.6 Å². The van der Waals surface area contributed by atoms with E-state index in [1.807, 2.05) is 42.1 Å². The van der Waals surface area contributed by atoms with Crippen LogP contribution in [0.3, 0.4) is 0 Å². The van der Waals surface area contributed by atoms with Crippen molar-refractivity contribution in [1.29, 1.82) is 0 Å². The lowest BCUT2D eigenvalue weighted by atomic mass is 10.1. The molecule has 0 radical (unpaired) electrons. The van der Waals surface area contributed by atoms with Gasteiger partial charge in [-0.1, -0.05) is 24.3 Å². The van der Waals surface area contributed by atoms with Crippen LogP contribution >= 0.6 is 0 Å². The summed E-state index contributed by atoms with van der Waals surface area (Å²) in [4.78, 5) is 4.59. The summed E-state index contributed by atoms with van der Waals surface area (Å²) in [5, 5.41) is 10.8. The molecule has 0 saturated carbocycles. The van der Waals surface area contributed by atoms with Crippen molar-refractivity contribution in [2.45, 2.75) is 26.9 Å². The lowest BCUT2D eigenvalue weighted by Crippen LogP contribution is -2.36. The third kappa shape index (κ3) is 5.17. The molecule has 0 aliphatic heterocycles. The molecule has 0 aliphatic rings. The largest absolute Gasteiger partial charge is 0.357 e. The highest BCUT2D eigenvalue weighted by Crippen LogP contribution is 2.10. The first-order chi connectivity index (χ1) is 13.2. The Hall–Kier alpha value is -3.15. The average molecular weight is 365 g/mol. The van der Waals surface area contributed by atoms with Crippen LogP contribution in [-0.2, 0) is 13.1 Å². The molecule has 27 heavy (non-hydrogen) atoms. The van der Waals surface area contributed by atoms with Crippen LogP contribution < -0.4 is 10.6 Å². The number of halogens is 1. The summed E-state index contributed by atoms with van der Waals surface area (Å²) >= 11 is 0. The van der Waals surface area contributed by atoms with Crippen LogP contribution in [0.25, 0.3) is 5.69 Å². The molecule has 0 spiro atoms. The molecule has 2 N–H and O–H groups in total. The zero-order chi connectivity index (χ0) is 19.1. The highest BCUT2D eigenvalue weighted by atomic mass is 19.1. The van der Waals surface area contributed by atoms with E-state index in [1.54, 1.807) is 19.2 Å². The zero-order valence-corrected chi connectivity index (χ0v) is 15.6. The molecule has 3 aromatic rings. The Morgan fingerprint density at radius 3 is 2.56 bits per heavy atom. The lowest BCUT2D eigenvalue weighted by Gasteiger charge is -2.12. The highest BCUT2D eigenvalue weighted by molar-refractivity contribution is 5.79. The quantitative estimate of drug-likeness (QED) is 0.519. The molecule has 0 amide bonds. The zero-order valence-electron chi connectivity index (χ0n) is 15.6. The van der Waals surface area contributed by atoms with E-state index in [4.69, 9.17) is 0 Å². The van der Waals surface area contributed by atoms with Crippen LogP contribution in [0.2, 0.25) is 0 Å². The molecule has 1 heterocycles. The number of aliphatic imine (C=N–C) groups is 1. The van der Waals surface area contributed by atoms with Gasteiger partial charge in [0.05, 0.1) is 12.2 Å². The van der Waals surface area contributed by atoms with Crippen LogP contribution in [0.4, 0.5) is 4.39 Å². The normalized spacial score (nSPS) is 11.4. The number of nitrogens with one attached hydrogen (secondary N) is 2. The Bertz CT molecular complexity index is 885. The van der Waals surface area contributed by atoms with Gasteiger partial charge in [0.15, 0.2) is 5.96 Å².